The average molecular weight is 468 g/mol. The van der Waals surface area contributed by atoms with Crippen molar-refractivity contribution in [1.29, 1.82) is 0 Å². The van der Waals surface area contributed by atoms with Crippen LogP contribution in [0.25, 0.3) is 11.0 Å². The molecule has 1 unspecified atom stereocenters. The van der Waals surface area contributed by atoms with Gasteiger partial charge in [0.15, 0.2) is 0 Å². The summed E-state index contributed by atoms with van der Waals surface area (Å²) in [7, 11) is 0. The molecule has 0 aliphatic heterocycles. The van der Waals surface area contributed by atoms with E-state index in [9.17, 15) is 4.79 Å². The van der Waals surface area contributed by atoms with Crippen molar-refractivity contribution < 1.29 is 9.53 Å². The molecule has 1 N–H and O–H groups in total. The number of fused-ring (bicyclic) bond motifs is 1. The van der Waals surface area contributed by atoms with Crippen LogP contribution in [0.4, 0.5) is 0 Å². The number of benzene rings is 2. The van der Waals surface area contributed by atoms with E-state index in [2.05, 4.69) is 16.0 Å². The maximum atomic E-state index is 12.8. The van der Waals surface area contributed by atoms with Crippen molar-refractivity contribution in [2.45, 2.75) is 71.9 Å². The number of nitrogens with zero attached hydrogens (tertiary/aromatic N) is 2. The number of aromatic nitrogens is 2. The zero-order chi connectivity index (χ0) is 23.4. The SMILES string of the molecule is Cc1cc(OCCCn2c(C(C)NC(=O)C3CCCCC3)nc3ccccc32)cc(C)c1Cl. The molecule has 1 fully saturated rings. The van der Waals surface area contributed by atoms with Gasteiger partial charge in [0.2, 0.25) is 5.91 Å². The topological polar surface area (TPSA) is 56.1 Å². The first-order valence-electron chi connectivity index (χ1n) is 12.1. The molecular formula is C27H34ClN3O2. The van der Waals surface area contributed by atoms with Crippen molar-refractivity contribution in [2.24, 2.45) is 5.92 Å². The Hall–Kier alpha value is -2.53. The molecule has 1 saturated carbocycles. The van der Waals surface area contributed by atoms with E-state index in [1.807, 2.05) is 51.1 Å². The van der Waals surface area contributed by atoms with Gasteiger partial charge < -0.3 is 14.6 Å². The number of carbonyl (C=O) groups is 1. The van der Waals surface area contributed by atoms with Crippen LogP contribution >= 0.6 is 11.6 Å². The summed E-state index contributed by atoms with van der Waals surface area (Å²) in [4.78, 5) is 17.7. The van der Waals surface area contributed by atoms with Crippen LogP contribution in [0.15, 0.2) is 36.4 Å². The molecule has 0 saturated heterocycles. The lowest BCUT2D eigenvalue weighted by Gasteiger charge is -2.23. The average Bonchev–Trinajstić information content (AvgIpc) is 3.19. The number of halogens is 1. The molecule has 33 heavy (non-hydrogen) atoms. The van der Waals surface area contributed by atoms with Crippen molar-refractivity contribution in [2.75, 3.05) is 6.61 Å². The highest BCUT2D eigenvalue weighted by Crippen LogP contribution is 2.27. The Balaban J connectivity index is 1.44. The fraction of sp³-hybridized carbons (Fsp3) is 0.481. The number of imidazole rings is 1. The van der Waals surface area contributed by atoms with Crippen LogP contribution in [0, 0.1) is 19.8 Å². The molecule has 0 bridgehead atoms. The largest absolute Gasteiger partial charge is 0.494 e. The predicted octanol–water partition coefficient (Wildman–Crippen LogP) is 6.53. The van der Waals surface area contributed by atoms with Crippen LogP contribution in [0.3, 0.4) is 0 Å². The number of hydrogen-bond donors (Lipinski definition) is 1. The highest BCUT2D eigenvalue weighted by Gasteiger charge is 2.24. The third-order valence-corrected chi connectivity index (χ3v) is 7.21. The standard InChI is InChI=1S/C27H34ClN3O2/c1-18-16-22(17-19(2)25(18)28)33-15-9-14-31-24-13-8-7-12-23(24)30-26(31)20(3)29-27(32)21-10-5-4-6-11-21/h7-8,12-13,16-17,20-21H,4-6,9-11,14-15H2,1-3H3,(H,29,32). The van der Waals surface area contributed by atoms with Gasteiger partial charge in [0.25, 0.3) is 0 Å². The van der Waals surface area contributed by atoms with Gasteiger partial charge in [0.1, 0.15) is 11.6 Å². The first-order chi connectivity index (χ1) is 15.9. The molecule has 1 aromatic heterocycles. The number of carbonyl (C=O) groups excluding carboxylic acids is 1. The minimum absolute atomic E-state index is 0.138. The highest BCUT2D eigenvalue weighted by molar-refractivity contribution is 6.32. The van der Waals surface area contributed by atoms with Gasteiger partial charge in [-0.2, -0.15) is 0 Å². The molecule has 1 heterocycles. The second kappa shape index (κ2) is 10.6. The van der Waals surface area contributed by atoms with E-state index in [4.69, 9.17) is 21.3 Å². The van der Waals surface area contributed by atoms with Crippen molar-refractivity contribution in [3.05, 3.63) is 58.4 Å². The van der Waals surface area contributed by atoms with Crippen molar-refractivity contribution in [1.82, 2.24) is 14.9 Å². The third kappa shape index (κ3) is 5.52. The first kappa shape index (κ1) is 23.6. The summed E-state index contributed by atoms with van der Waals surface area (Å²) >= 11 is 6.27. The van der Waals surface area contributed by atoms with E-state index in [1.165, 1.54) is 6.42 Å². The number of rotatable bonds is 8. The quantitative estimate of drug-likeness (QED) is 0.383. The minimum atomic E-state index is -0.144. The van der Waals surface area contributed by atoms with Gasteiger partial charge in [-0.05, 0) is 75.4 Å². The third-order valence-electron chi connectivity index (χ3n) is 6.61. The van der Waals surface area contributed by atoms with E-state index in [0.29, 0.717) is 6.61 Å². The Bertz CT molecular complexity index is 1090. The van der Waals surface area contributed by atoms with Crippen LogP contribution in [0.2, 0.25) is 5.02 Å². The Labute approximate surface area is 201 Å². The van der Waals surface area contributed by atoms with Crippen LogP contribution in [0.1, 0.15) is 68.4 Å². The van der Waals surface area contributed by atoms with Crippen molar-refractivity contribution in [3.63, 3.8) is 0 Å². The zero-order valence-corrected chi connectivity index (χ0v) is 20.6. The molecule has 6 heteroatoms. The molecule has 3 aromatic rings. The lowest BCUT2D eigenvalue weighted by atomic mass is 9.88. The zero-order valence-electron chi connectivity index (χ0n) is 19.9. The van der Waals surface area contributed by atoms with Gasteiger partial charge >= 0.3 is 0 Å². The molecule has 0 radical (unpaired) electrons. The number of hydrogen-bond acceptors (Lipinski definition) is 3. The normalized spacial score (nSPS) is 15.5. The summed E-state index contributed by atoms with van der Waals surface area (Å²) in [6.07, 6.45) is 6.37. The Morgan fingerprint density at radius 1 is 1.18 bits per heavy atom. The highest BCUT2D eigenvalue weighted by atomic mass is 35.5. The molecule has 4 rings (SSSR count). The van der Waals surface area contributed by atoms with Crippen LogP contribution in [-0.4, -0.2) is 22.1 Å². The molecule has 1 aliphatic rings. The van der Waals surface area contributed by atoms with Gasteiger partial charge in [-0.25, -0.2) is 4.98 Å². The van der Waals surface area contributed by atoms with E-state index in [0.717, 1.165) is 77.4 Å². The molecule has 1 amide bonds. The van der Waals surface area contributed by atoms with Gasteiger partial charge in [0, 0.05) is 17.5 Å². The van der Waals surface area contributed by atoms with Gasteiger partial charge in [-0.15, -0.1) is 0 Å². The molecule has 2 aromatic carbocycles. The smallest absolute Gasteiger partial charge is 0.223 e. The van der Waals surface area contributed by atoms with Gasteiger partial charge in [-0.1, -0.05) is 43.0 Å². The molecule has 176 valence electrons. The molecule has 1 atom stereocenters. The minimum Gasteiger partial charge on any atom is -0.494 e. The number of ether oxygens (including phenoxy) is 1. The first-order valence-corrected chi connectivity index (χ1v) is 12.5. The molecule has 0 spiro atoms. The predicted molar refractivity (Wildman–Crippen MR) is 134 cm³/mol. The number of nitrogens with one attached hydrogen (secondary N) is 1. The fourth-order valence-electron chi connectivity index (χ4n) is 4.82. The van der Waals surface area contributed by atoms with Gasteiger partial charge in [0.05, 0.1) is 23.7 Å². The number of para-hydroxylation sites is 2. The number of amides is 1. The maximum Gasteiger partial charge on any atom is 0.223 e. The summed E-state index contributed by atoms with van der Waals surface area (Å²) < 4.78 is 8.24. The van der Waals surface area contributed by atoms with E-state index in [-0.39, 0.29) is 17.9 Å². The monoisotopic (exact) mass is 467 g/mol. The van der Waals surface area contributed by atoms with Crippen LogP contribution < -0.4 is 10.1 Å². The lowest BCUT2D eigenvalue weighted by molar-refractivity contribution is -0.126. The summed E-state index contributed by atoms with van der Waals surface area (Å²) in [6.45, 7) is 7.39. The maximum absolute atomic E-state index is 12.8. The molecular weight excluding hydrogens is 434 g/mol. The van der Waals surface area contributed by atoms with E-state index >= 15 is 0 Å². The summed E-state index contributed by atoms with van der Waals surface area (Å²) in [5.74, 6) is 2.05. The van der Waals surface area contributed by atoms with E-state index < -0.39 is 0 Å². The van der Waals surface area contributed by atoms with Crippen LogP contribution in [0.5, 0.6) is 5.75 Å². The van der Waals surface area contributed by atoms with Gasteiger partial charge in [-0.3, -0.25) is 4.79 Å². The number of aryl methyl sites for hydroxylation is 3. The molecule has 1 aliphatic carbocycles. The summed E-state index contributed by atoms with van der Waals surface area (Å²) in [6, 6.07) is 12.0. The van der Waals surface area contributed by atoms with Crippen LogP contribution in [-0.2, 0) is 11.3 Å². The fourth-order valence-corrected chi connectivity index (χ4v) is 4.93. The van der Waals surface area contributed by atoms with Crippen molar-refractivity contribution in [3.8, 4) is 5.75 Å². The lowest BCUT2D eigenvalue weighted by Crippen LogP contribution is -2.35. The van der Waals surface area contributed by atoms with E-state index in [1.54, 1.807) is 0 Å². The Morgan fingerprint density at radius 3 is 2.61 bits per heavy atom. The summed E-state index contributed by atoms with van der Waals surface area (Å²) in [5.41, 5.74) is 4.09. The van der Waals surface area contributed by atoms with Crippen molar-refractivity contribution >= 4 is 28.5 Å². The molecule has 5 nitrogen and oxygen atoms in total. The second-order valence-electron chi connectivity index (χ2n) is 9.25. The Morgan fingerprint density at radius 2 is 1.88 bits per heavy atom. The summed E-state index contributed by atoms with van der Waals surface area (Å²) in [5, 5.41) is 4.03. The second-order valence-corrected chi connectivity index (χ2v) is 9.63. The Kier molecular flexibility index (Phi) is 7.59.